The largest absolute Gasteiger partial charge is 0.497 e. The number of amides is 1. The lowest BCUT2D eigenvalue weighted by Crippen LogP contribution is -2.49. The fourth-order valence-corrected chi connectivity index (χ4v) is 3.96. The van der Waals surface area contributed by atoms with Crippen molar-refractivity contribution in [2.24, 2.45) is 0 Å². The molecule has 166 valence electrons. The summed E-state index contributed by atoms with van der Waals surface area (Å²) in [6, 6.07) is 13.5. The number of nitrogens with zero attached hydrogens (tertiary/aromatic N) is 2. The van der Waals surface area contributed by atoms with Gasteiger partial charge in [0.1, 0.15) is 11.5 Å². The number of aliphatic carboxylic acids is 1. The third-order valence-electron chi connectivity index (χ3n) is 5.73. The van der Waals surface area contributed by atoms with Crippen molar-refractivity contribution in [2.45, 2.75) is 25.8 Å². The van der Waals surface area contributed by atoms with Crippen LogP contribution in [-0.4, -0.2) is 67.2 Å². The molecule has 1 aliphatic heterocycles. The van der Waals surface area contributed by atoms with Crippen molar-refractivity contribution in [1.82, 2.24) is 9.80 Å². The van der Waals surface area contributed by atoms with Crippen LogP contribution in [-0.2, 0) is 4.79 Å². The summed E-state index contributed by atoms with van der Waals surface area (Å²) < 4.78 is 10.6. The first-order valence-corrected chi connectivity index (χ1v) is 10.5. The van der Waals surface area contributed by atoms with E-state index >= 15 is 0 Å². The zero-order chi connectivity index (χ0) is 22.4. The zero-order valence-electron chi connectivity index (χ0n) is 18.3. The maximum atomic E-state index is 13.1. The molecule has 0 aromatic heterocycles. The summed E-state index contributed by atoms with van der Waals surface area (Å²) in [6.45, 7) is 4.56. The van der Waals surface area contributed by atoms with E-state index in [1.807, 2.05) is 11.8 Å². The van der Waals surface area contributed by atoms with Crippen LogP contribution in [0.4, 0.5) is 0 Å². The Morgan fingerprint density at radius 3 is 2.06 bits per heavy atom. The lowest BCUT2D eigenvalue weighted by Gasteiger charge is -2.39. The molecule has 1 saturated heterocycles. The van der Waals surface area contributed by atoms with Crippen LogP contribution in [0.2, 0.25) is 0 Å². The molecule has 0 unspecified atom stereocenters. The smallest absolute Gasteiger partial charge is 0.303 e. The Kier molecular flexibility index (Phi) is 7.52. The second-order valence-electron chi connectivity index (χ2n) is 7.79. The van der Waals surface area contributed by atoms with E-state index in [-0.39, 0.29) is 18.4 Å². The van der Waals surface area contributed by atoms with E-state index in [2.05, 4.69) is 29.2 Å². The lowest BCUT2D eigenvalue weighted by molar-refractivity contribution is -0.137. The van der Waals surface area contributed by atoms with Crippen LogP contribution < -0.4 is 9.47 Å². The molecule has 2 aromatic rings. The molecule has 0 radical (unpaired) electrons. The van der Waals surface area contributed by atoms with Crippen LogP contribution in [0, 0.1) is 6.92 Å². The molecule has 1 aliphatic rings. The highest BCUT2D eigenvalue weighted by Crippen LogP contribution is 2.28. The highest BCUT2D eigenvalue weighted by Gasteiger charge is 2.28. The lowest BCUT2D eigenvalue weighted by atomic mass is 9.98. The maximum absolute atomic E-state index is 13.1. The zero-order valence-corrected chi connectivity index (χ0v) is 18.3. The Labute approximate surface area is 183 Å². The molecule has 3 rings (SSSR count). The van der Waals surface area contributed by atoms with Crippen LogP contribution in [0.3, 0.4) is 0 Å². The molecule has 1 N–H and O–H groups in total. The van der Waals surface area contributed by atoms with Gasteiger partial charge in [0.05, 0.1) is 14.2 Å². The summed E-state index contributed by atoms with van der Waals surface area (Å²) in [5.41, 5.74) is 2.82. The minimum absolute atomic E-state index is 0.0193. The predicted octanol–water partition coefficient (Wildman–Crippen LogP) is 3.38. The fourth-order valence-electron chi connectivity index (χ4n) is 3.96. The molecule has 7 nitrogen and oxygen atoms in total. The number of hydrogen-bond donors (Lipinski definition) is 1. The van der Waals surface area contributed by atoms with E-state index in [1.54, 1.807) is 32.4 Å². The van der Waals surface area contributed by atoms with E-state index < -0.39 is 5.97 Å². The first-order valence-electron chi connectivity index (χ1n) is 10.5. The van der Waals surface area contributed by atoms with Gasteiger partial charge in [0.25, 0.3) is 5.91 Å². The Hall–Kier alpha value is -3.06. The van der Waals surface area contributed by atoms with Gasteiger partial charge in [0, 0.05) is 50.3 Å². The minimum atomic E-state index is -0.794. The number of hydrogen-bond acceptors (Lipinski definition) is 5. The number of carboxylic acid groups (broad SMARTS) is 1. The van der Waals surface area contributed by atoms with Crippen molar-refractivity contribution in [3.8, 4) is 11.5 Å². The molecule has 31 heavy (non-hydrogen) atoms. The highest BCUT2D eigenvalue weighted by atomic mass is 16.5. The van der Waals surface area contributed by atoms with Gasteiger partial charge >= 0.3 is 5.97 Å². The first-order chi connectivity index (χ1) is 14.9. The monoisotopic (exact) mass is 426 g/mol. The predicted molar refractivity (Wildman–Crippen MR) is 118 cm³/mol. The number of piperazine rings is 1. The van der Waals surface area contributed by atoms with Crippen molar-refractivity contribution in [1.29, 1.82) is 0 Å². The molecule has 1 fully saturated rings. The van der Waals surface area contributed by atoms with Gasteiger partial charge < -0.3 is 19.5 Å². The topological polar surface area (TPSA) is 79.3 Å². The maximum Gasteiger partial charge on any atom is 0.303 e. The SMILES string of the molecule is COc1cc(OC)cc(C(=O)N2CCN([C@H](CCC(=O)O)c3ccc(C)cc3)CC2)c1. The second-order valence-corrected chi connectivity index (χ2v) is 7.79. The molecule has 0 saturated carbocycles. The number of carbonyl (C=O) groups is 2. The van der Waals surface area contributed by atoms with Gasteiger partial charge in [-0.1, -0.05) is 29.8 Å². The van der Waals surface area contributed by atoms with E-state index in [0.29, 0.717) is 49.7 Å². The van der Waals surface area contributed by atoms with E-state index in [4.69, 9.17) is 9.47 Å². The minimum Gasteiger partial charge on any atom is -0.497 e. The molecule has 0 bridgehead atoms. The summed E-state index contributed by atoms with van der Waals surface area (Å²) in [5, 5.41) is 9.19. The summed E-state index contributed by atoms with van der Waals surface area (Å²) in [5.74, 6) is 0.302. The fraction of sp³-hybridized carbons (Fsp3) is 0.417. The van der Waals surface area contributed by atoms with Crippen molar-refractivity contribution in [3.63, 3.8) is 0 Å². The summed E-state index contributed by atoms with van der Waals surface area (Å²) in [4.78, 5) is 28.3. The Morgan fingerprint density at radius 1 is 0.968 bits per heavy atom. The number of carbonyl (C=O) groups excluding carboxylic acids is 1. The molecule has 1 amide bonds. The molecular weight excluding hydrogens is 396 g/mol. The molecule has 0 aliphatic carbocycles. The number of methoxy groups -OCH3 is 2. The van der Waals surface area contributed by atoms with E-state index in [0.717, 1.165) is 5.56 Å². The standard InChI is InChI=1S/C24H30N2O5/c1-17-4-6-18(7-5-17)22(8-9-23(27)28)25-10-12-26(13-11-25)24(29)19-14-20(30-2)16-21(15-19)31-3/h4-7,14-16,22H,8-13H2,1-3H3,(H,27,28)/t22-/m1/s1. The second kappa shape index (κ2) is 10.3. The first kappa shape index (κ1) is 22.6. The summed E-state index contributed by atoms with van der Waals surface area (Å²) in [7, 11) is 3.12. The average Bonchev–Trinajstić information content (AvgIpc) is 2.79. The number of rotatable bonds is 8. The molecule has 2 aromatic carbocycles. The average molecular weight is 427 g/mol. The van der Waals surface area contributed by atoms with Crippen molar-refractivity contribution < 1.29 is 24.2 Å². The van der Waals surface area contributed by atoms with Gasteiger partial charge in [-0.3, -0.25) is 14.5 Å². The van der Waals surface area contributed by atoms with Crippen LogP contribution in [0.1, 0.15) is 40.4 Å². The van der Waals surface area contributed by atoms with Crippen molar-refractivity contribution >= 4 is 11.9 Å². The third kappa shape index (κ3) is 5.76. The molecule has 0 spiro atoms. The van der Waals surface area contributed by atoms with Crippen LogP contribution in [0.15, 0.2) is 42.5 Å². The Morgan fingerprint density at radius 2 is 1.55 bits per heavy atom. The van der Waals surface area contributed by atoms with Gasteiger partial charge in [-0.05, 0) is 31.0 Å². The summed E-state index contributed by atoms with van der Waals surface area (Å²) >= 11 is 0. The Balaban J connectivity index is 1.70. The van der Waals surface area contributed by atoms with Crippen LogP contribution in [0.5, 0.6) is 11.5 Å². The Bertz CT molecular complexity index is 882. The number of aryl methyl sites for hydroxylation is 1. The quantitative estimate of drug-likeness (QED) is 0.697. The normalized spacial score (nSPS) is 15.4. The molecule has 1 heterocycles. The molecule has 7 heteroatoms. The highest BCUT2D eigenvalue weighted by molar-refractivity contribution is 5.95. The third-order valence-corrected chi connectivity index (χ3v) is 5.73. The van der Waals surface area contributed by atoms with Crippen LogP contribution >= 0.6 is 0 Å². The number of benzene rings is 2. The molecular formula is C24H30N2O5. The van der Waals surface area contributed by atoms with Gasteiger partial charge in [0.15, 0.2) is 0 Å². The van der Waals surface area contributed by atoms with Gasteiger partial charge in [0.2, 0.25) is 0 Å². The number of carboxylic acids is 1. The van der Waals surface area contributed by atoms with Crippen LogP contribution in [0.25, 0.3) is 0 Å². The van der Waals surface area contributed by atoms with Gasteiger partial charge in [-0.15, -0.1) is 0 Å². The van der Waals surface area contributed by atoms with Gasteiger partial charge in [-0.2, -0.15) is 0 Å². The van der Waals surface area contributed by atoms with Crippen molar-refractivity contribution in [3.05, 3.63) is 59.2 Å². The van der Waals surface area contributed by atoms with Crippen molar-refractivity contribution in [2.75, 3.05) is 40.4 Å². The number of ether oxygens (including phenoxy) is 2. The summed E-state index contributed by atoms with van der Waals surface area (Å²) in [6.07, 6.45) is 0.653. The van der Waals surface area contributed by atoms with E-state index in [9.17, 15) is 14.7 Å². The van der Waals surface area contributed by atoms with E-state index in [1.165, 1.54) is 5.56 Å². The molecule has 1 atom stereocenters. The van der Waals surface area contributed by atoms with Gasteiger partial charge in [-0.25, -0.2) is 0 Å².